The van der Waals surface area contributed by atoms with E-state index in [2.05, 4.69) is 43.0 Å². The van der Waals surface area contributed by atoms with E-state index in [0.717, 1.165) is 18.4 Å². The fourth-order valence-corrected chi connectivity index (χ4v) is 2.58. The third-order valence-corrected chi connectivity index (χ3v) is 5.42. The van der Waals surface area contributed by atoms with Crippen LogP contribution < -0.4 is 5.32 Å². The number of carbonyl (C=O) groups is 1. The summed E-state index contributed by atoms with van der Waals surface area (Å²) >= 11 is 4.35. The number of carbonyl (C=O) groups excluding carboxylic acids is 1. The highest BCUT2D eigenvalue weighted by Crippen LogP contribution is 2.40. The molecule has 98 valence electrons. The Morgan fingerprint density at radius 1 is 1.39 bits per heavy atom. The molecule has 0 aromatic heterocycles. The van der Waals surface area contributed by atoms with E-state index in [0.29, 0.717) is 0 Å². The maximum atomic E-state index is 12.0. The average Bonchev–Trinajstić information content (AvgIpc) is 3.20. The highest BCUT2D eigenvalue weighted by atomic mass is 33.1. The van der Waals surface area contributed by atoms with Crippen molar-refractivity contribution in [2.75, 3.05) is 0 Å². The van der Waals surface area contributed by atoms with Gasteiger partial charge in [-0.3, -0.25) is 4.79 Å². The summed E-state index contributed by atoms with van der Waals surface area (Å²) in [6.45, 7) is 4.21. The summed E-state index contributed by atoms with van der Waals surface area (Å²) in [7, 11) is 1.48. The molecule has 2 rings (SSSR count). The first-order valence-corrected chi connectivity index (χ1v) is 8.09. The number of hydrogen-bond donors (Lipinski definition) is 2. The molecule has 1 amide bonds. The fraction of sp³-hybridized carbons (Fsp3) is 0.500. The highest BCUT2D eigenvalue weighted by molar-refractivity contribution is 8.69. The molecule has 0 heterocycles. The summed E-state index contributed by atoms with van der Waals surface area (Å²) in [5.74, 6) is 0.413. The van der Waals surface area contributed by atoms with Gasteiger partial charge in [0.1, 0.15) is 0 Å². The summed E-state index contributed by atoms with van der Waals surface area (Å²) in [6.07, 6.45) is 2.06. The Bertz CT molecular complexity index is 415. The van der Waals surface area contributed by atoms with Crippen LogP contribution in [0.15, 0.2) is 30.3 Å². The van der Waals surface area contributed by atoms with Crippen LogP contribution in [0.4, 0.5) is 0 Å². The number of benzene rings is 1. The van der Waals surface area contributed by atoms with Crippen LogP contribution in [0.3, 0.4) is 0 Å². The molecular weight excluding hydrogens is 262 g/mol. The molecule has 0 bridgehead atoms. The third kappa shape index (κ3) is 3.23. The summed E-state index contributed by atoms with van der Waals surface area (Å²) in [5, 5.41) is 3.18. The Morgan fingerprint density at radius 3 is 2.50 bits per heavy atom. The zero-order chi connectivity index (χ0) is 13.2. The molecule has 1 fully saturated rings. The zero-order valence-electron chi connectivity index (χ0n) is 10.7. The standard InChI is InChI=1S/C14H19NOS2/c1-14(2,18-17)12(10-6-4-3-5-7-10)15-13(16)11-8-9-11/h3-7,11-12,17H,8-9H2,1-2H3,(H,15,16)/t12-/m1/s1. The second kappa shape index (κ2) is 5.57. The lowest BCUT2D eigenvalue weighted by molar-refractivity contribution is -0.123. The van der Waals surface area contributed by atoms with Crippen LogP contribution in [0.1, 0.15) is 38.3 Å². The van der Waals surface area contributed by atoms with Crippen LogP contribution in [-0.4, -0.2) is 10.7 Å². The van der Waals surface area contributed by atoms with Gasteiger partial charge in [-0.2, -0.15) is 0 Å². The predicted molar refractivity (Wildman–Crippen MR) is 80.7 cm³/mol. The molecule has 2 nitrogen and oxygen atoms in total. The van der Waals surface area contributed by atoms with Gasteiger partial charge in [-0.15, -0.1) is 11.7 Å². The van der Waals surface area contributed by atoms with Gasteiger partial charge in [-0.1, -0.05) is 41.1 Å². The number of hydrogen-bond acceptors (Lipinski definition) is 3. The van der Waals surface area contributed by atoms with Crippen molar-refractivity contribution in [2.45, 2.75) is 37.5 Å². The first kappa shape index (κ1) is 13.8. The summed E-state index contributed by atoms with van der Waals surface area (Å²) in [5.41, 5.74) is 1.14. The van der Waals surface area contributed by atoms with Gasteiger partial charge in [0.25, 0.3) is 0 Å². The van der Waals surface area contributed by atoms with Gasteiger partial charge in [0.05, 0.1) is 6.04 Å². The van der Waals surface area contributed by atoms with Gasteiger partial charge >= 0.3 is 0 Å². The van der Waals surface area contributed by atoms with Gasteiger partial charge < -0.3 is 5.32 Å². The summed E-state index contributed by atoms with van der Waals surface area (Å²) in [4.78, 5) is 12.0. The molecule has 1 saturated carbocycles. The summed E-state index contributed by atoms with van der Waals surface area (Å²) in [6, 6.07) is 10.1. The van der Waals surface area contributed by atoms with Crippen molar-refractivity contribution < 1.29 is 4.79 Å². The topological polar surface area (TPSA) is 29.1 Å². The number of amides is 1. The third-order valence-electron chi connectivity index (χ3n) is 3.30. The van der Waals surface area contributed by atoms with Crippen LogP contribution in [0.25, 0.3) is 0 Å². The minimum absolute atomic E-state index is 0.00528. The molecule has 18 heavy (non-hydrogen) atoms. The van der Waals surface area contributed by atoms with E-state index in [-0.39, 0.29) is 22.6 Å². The van der Waals surface area contributed by atoms with E-state index in [1.165, 1.54) is 10.8 Å². The molecule has 0 spiro atoms. The predicted octanol–water partition coefficient (Wildman–Crippen LogP) is 3.61. The van der Waals surface area contributed by atoms with E-state index in [1.54, 1.807) is 0 Å². The Kier molecular flexibility index (Phi) is 4.28. The van der Waals surface area contributed by atoms with Crippen molar-refractivity contribution in [3.05, 3.63) is 35.9 Å². The van der Waals surface area contributed by atoms with E-state index in [4.69, 9.17) is 0 Å². The molecule has 1 aliphatic rings. The lowest BCUT2D eigenvalue weighted by atomic mass is 9.95. The zero-order valence-corrected chi connectivity index (χ0v) is 12.4. The maximum Gasteiger partial charge on any atom is 0.223 e. The second-order valence-corrected chi connectivity index (χ2v) is 7.10. The quantitative estimate of drug-likeness (QED) is 0.638. The molecule has 1 atom stereocenters. The molecule has 4 heteroatoms. The van der Waals surface area contributed by atoms with Crippen LogP contribution in [-0.2, 0) is 4.79 Å². The number of thiol groups is 1. The first-order valence-electron chi connectivity index (χ1n) is 6.22. The van der Waals surface area contributed by atoms with Crippen LogP contribution in [0, 0.1) is 5.92 Å². The van der Waals surface area contributed by atoms with Gasteiger partial charge in [-0.25, -0.2) is 0 Å². The molecule has 0 unspecified atom stereocenters. The largest absolute Gasteiger partial charge is 0.348 e. The minimum Gasteiger partial charge on any atom is -0.348 e. The van der Waals surface area contributed by atoms with Gasteiger partial charge in [0.2, 0.25) is 5.91 Å². The fourth-order valence-electron chi connectivity index (χ4n) is 1.96. The Balaban J connectivity index is 2.20. The number of rotatable bonds is 5. The van der Waals surface area contributed by atoms with Gasteiger partial charge in [0, 0.05) is 10.7 Å². The van der Waals surface area contributed by atoms with Crippen molar-refractivity contribution in [1.82, 2.24) is 5.32 Å². The second-order valence-electron chi connectivity index (χ2n) is 5.32. The molecule has 1 aromatic carbocycles. The molecule has 1 N–H and O–H groups in total. The van der Waals surface area contributed by atoms with Gasteiger partial charge in [0.15, 0.2) is 0 Å². The van der Waals surface area contributed by atoms with Crippen molar-refractivity contribution in [1.29, 1.82) is 0 Å². The van der Waals surface area contributed by atoms with Gasteiger partial charge in [-0.05, 0) is 32.3 Å². The van der Waals surface area contributed by atoms with Crippen molar-refractivity contribution in [3.63, 3.8) is 0 Å². The maximum absolute atomic E-state index is 12.0. The van der Waals surface area contributed by atoms with E-state index in [9.17, 15) is 4.79 Å². The lowest BCUT2D eigenvalue weighted by Crippen LogP contribution is -2.40. The van der Waals surface area contributed by atoms with Crippen molar-refractivity contribution in [2.24, 2.45) is 5.92 Å². The van der Waals surface area contributed by atoms with Crippen LogP contribution >= 0.6 is 22.5 Å². The summed E-state index contributed by atoms with van der Waals surface area (Å²) < 4.78 is -0.144. The Morgan fingerprint density at radius 2 is 2.00 bits per heavy atom. The minimum atomic E-state index is -0.144. The van der Waals surface area contributed by atoms with E-state index >= 15 is 0 Å². The molecule has 0 radical (unpaired) electrons. The average molecular weight is 281 g/mol. The van der Waals surface area contributed by atoms with Crippen molar-refractivity contribution in [3.8, 4) is 0 Å². The van der Waals surface area contributed by atoms with Crippen LogP contribution in [0.5, 0.6) is 0 Å². The first-order chi connectivity index (χ1) is 8.54. The molecule has 0 aliphatic heterocycles. The molecule has 0 saturated heterocycles. The monoisotopic (exact) mass is 281 g/mol. The smallest absolute Gasteiger partial charge is 0.223 e. The van der Waals surface area contributed by atoms with E-state index in [1.807, 2.05) is 18.2 Å². The normalized spacial score (nSPS) is 17.3. The SMILES string of the molecule is CC(C)(SS)[C@H](NC(=O)C1CC1)c1ccccc1. The molecular formula is C14H19NOS2. The number of nitrogens with one attached hydrogen (secondary N) is 1. The Labute approximate surface area is 118 Å². The Hall–Kier alpha value is -0.610. The molecule has 1 aromatic rings. The van der Waals surface area contributed by atoms with Crippen molar-refractivity contribution >= 4 is 28.4 Å². The lowest BCUT2D eigenvalue weighted by Gasteiger charge is -2.33. The van der Waals surface area contributed by atoms with Crippen LogP contribution in [0.2, 0.25) is 0 Å². The van der Waals surface area contributed by atoms with E-state index < -0.39 is 0 Å². The molecule has 1 aliphatic carbocycles. The highest BCUT2D eigenvalue weighted by Gasteiger charge is 2.36.